The third-order valence-electron chi connectivity index (χ3n) is 2.64. The van der Waals surface area contributed by atoms with Gasteiger partial charge >= 0.3 is 12.0 Å². The Morgan fingerprint density at radius 2 is 1.71 bits per heavy atom. The summed E-state index contributed by atoms with van der Waals surface area (Å²) in [7, 11) is 0. The Kier molecular flexibility index (Phi) is 4.96. The van der Waals surface area contributed by atoms with Crippen molar-refractivity contribution in [3.05, 3.63) is 29.8 Å². The predicted molar refractivity (Wildman–Crippen MR) is 69.6 cm³/mol. The van der Waals surface area contributed by atoms with Crippen molar-refractivity contribution in [3.63, 3.8) is 0 Å². The minimum Gasteiger partial charge on any atom is -0.481 e. The Balaban J connectivity index is 2.66. The molecule has 3 N–H and O–H groups in total. The number of aliphatic carboxylic acids is 1. The van der Waals surface area contributed by atoms with Crippen molar-refractivity contribution < 1.29 is 28.3 Å². The van der Waals surface area contributed by atoms with E-state index in [0.717, 1.165) is 18.2 Å². The smallest absolute Gasteiger partial charge is 0.326 e. The number of imide groups is 1. The van der Waals surface area contributed by atoms with Gasteiger partial charge in [-0.1, -0.05) is 6.07 Å². The van der Waals surface area contributed by atoms with Crippen LogP contribution in [0.15, 0.2) is 18.2 Å². The van der Waals surface area contributed by atoms with E-state index in [-0.39, 0.29) is 0 Å². The first-order valence-electron chi connectivity index (χ1n) is 5.92. The molecule has 0 fully saturated rings. The van der Waals surface area contributed by atoms with Crippen LogP contribution in [0.4, 0.5) is 19.3 Å². The lowest BCUT2D eigenvalue weighted by atomic mass is 9.89. The van der Waals surface area contributed by atoms with Crippen LogP contribution in [0.2, 0.25) is 0 Å². The zero-order valence-electron chi connectivity index (χ0n) is 11.4. The molecule has 8 heteroatoms. The molecule has 0 aliphatic rings. The van der Waals surface area contributed by atoms with E-state index in [1.54, 1.807) is 0 Å². The molecular formula is C13H14F2N2O4. The monoisotopic (exact) mass is 300 g/mol. The van der Waals surface area contributed by atoms with Gasteiger partial charge in [-0.2, -0.15) is 0 Å². The Morgan fingerprint density at radius 3 is 2.19 bits per heavy atom. The van der Waals surface area contributed by atoms with Gasteiger partial charge in [0.15, 0.2) is 0 Å². The fourth-order valence-corrected chi connectivity index (χ4v) is 1.41. The highest BCUT2D eigenvalue weighted by molar-refractivity contribution is 6.02. The SMILES string of the molecule is CC(C)(CC(=O)NC(=O)Nc1c(F)cccc1F)C(=O)O. The third-order valence-corrected chi connectivity index (χ3v) is 2.64. The van der Waals surface area contributed by atoms with Gasteiger partial charge in [-0.25, -0.2) is 13.6 Å². The van der Waals surface area contributed by atoms with E-state index >= 15 is 0 Å². The number of carbonyl (C=O) groups is 3. The minimum absolute atomic E-state index is 0.463. The number of urea groups is 1. The van der Waals surface area contributed by atoms with E-state index in [9.17, 15) is 23.2 Å². The fraction of sp³-hybridized carbons (Fsp3) is 0.308. The van der Waals surface area contributed by atoms with Gasteiger partial charge in [0.25, 0.3) is 0 Å². The molecule has 1 aromatic rings. The highest BCUT2D eigenvalue weighted by atomic mass is 19.1. The summed E-state index contributed by atoms with van der Waals surface area (Å²) in [6.45, 7) is 2.62. The molecule has 0 heterocycles. The van der Waals surface area contributed by atoms with Crippen molar-refractivity contribution in [1.29, 1.82) is 0 Å². The largest absolute Gasteiger partial charge is 0.481 e. The van der Waals surface area contributed by atoms with Crippen LogP contribution in [0.1, 0.15) is 20.3 Å². The molecule has 0 unspecified atom stereocenters. The summed E-state index contributed by atoms with van der Waals surface area (Å²) >= 11 is 0. The van der Waals surface area contributed by atoms with E-state index < -0.39 is 47.1 Å². The number of benzene rings is 1. The van der Waals surface area contributed by atoms with Crippen molar-refractivity contribution >= 4 is 23.6 Å². The molecule has 0 bridgehead atoms. The number of anilines is 1. The molecular weight excluding hydrogens is 286 g/mol. The van der Waals surface area contributed by atoms with E-state index in [0.29, 0.717) is 0 Å². The maximum Gasteiger partial charge on any atom is 0.326 e. The summed E-state index contributed by atoms with van der Waals surface area (Å²) < 4.78 is 26.6. The third kappa shape index (κ3) is 4.51. The van der Waals surface area contributed by atoms with E-state index in [4.69, 9.17) is 5.11 Å². The molecule has 0 aliphatic carbocycles. The molecule has 0 aromatic heterocycles. The molecule has 0 spiro atoms. The number of amides is 3. The summed E-state index contributed by atoms with van der Waals surface area (Å²) in [5.74, 6) is -4.08. The summed E-state index contributed by atoms with van der Waals surface area (Å²) in [5, 5.41) is 12.5. The quantitative estimate of drug-likeness (QED) is 0.793. The minimum atomic E-state index is -1.37. The van der Waals surface area contributed by atoms with Crippen molar-refractivity contribution in [3.8, 4) is 0 Å². The fourth-order valence-electron chi connectivity index (χ4n) is 1.41. The first kappa shape index (κ1) is 16.5. The van der Waals surface area contributed by atoms with Gasteiger partial charge in [0.1, 0.15) is 17.3 Å². The molecule has 1 aromatic carbocycles. The second-order valence-corrected chi connectivity index (χ2v) is 4.96. The van der Waals surface area contributed by atoms with Crippen molar-refractivity contribution in [2.45, 2.75) is 20.3 Å². The Morgan fingerprint density at radius 1 is 1.19 bits per heavy atom. The molecule has 0 radical (unpaired) electrons. The molecule has 6 nitrogen and oxygen atoms in total. The Labute approximate surface area is 119 Å². The summed E-state index contributed by atoms with van der Waals surface area (Å²) in [5.41, 5.74) is -2.06. The number of hydrogen-bond acceptors (Lipinski definition) is 3. The van der Waals surface area contributed by atoms with Crippen LogP contribution in [0.25, 0.3) is 0 Å². The van der Waals surface area contributed by atoms with Gasteiger partial charge in [-0.05, 0) is 26.0 Å². The van der Waals surface area contributed by atoms with Gasteiger partial charge in [0.2, 0.25) is 5.91 Å². The number of para-hydroxylation sites is 1. The Hall–Kier alpha value is -2.51. The number of nitrogens with one attached hydrogen (secondary N) is 2. The molecule has 114 valence electrons. The molecule has 0 saturated heterocycles. The number of carboxylic acid groups (broad SMARTS) is 1. The van der Waals surface area contributed by atoms with E-state index in [2.05, 4.69) is 0 Å². The predicted octanol–water partition coefficient (Wildman–Crippen LogP) is 2.11. The first-order valence-corrected chi connectivity index (χ1v) is 5.92. The second-order valence-electron chi connectivity index (χ2n) is 4.96. The summed E-state index contributed by atoms with van der Waals surface area (Å²) in [6.07, 6.45) is -0.463. The number of hydrogen-bond donors (Lipinski definition) is 3. The summed E-state index contributed by atoms with van der Waals surface area (Å²) in [4.78, 5) is 33.8. The number of rotatable bonds is 4. The molecule has 21 heavy (non-hydrogen) atoms. The molecule has 0 aliphatic heterocycles. The lowest BCUT2D eigenvalue weighted by Gasteiger charge is -2.17. The average molecular weight is 300 g/mol. The van der Waals surface area contributed by atoms with Crippen molar-refractivity contribution in [1.82, 2.24) is 5.32 Å². The van der Waals surface area contributed by atoms with Gasteiger partial charge in [-0.3, -0.25) is 14.9 Å². The van der Waals surface area contributed by atoms with Crippen LogP contribution in [0.5, 0.6) is 0 Å². The number of carboxylic acids is 1. The Bertz CT molecular complexity index is 567. The molecule has 3 amide bonds. The van der Waals surface area contributed by atoms with Crippen LogP contribution in [0.3, 0.4) is 0 Å². The van der Waals surface area contributed by atoms with Gasteiger partial charge < -0.3 is 10.4 Å². The average Bonchev–Trinajstić information content (AvgIpc) is 2.32. The maximum atomic E-state index is 13.3. The number of halogens is 2. The van der Waals surface area contributed by atoms with Crippen LogP contribution in [-0.2, 0) is 9.59 Å². The molecule has 0 saturated carbocycles. The summed E-state index contributed by atoms with van der Waals surface area (Å²) in [6, 6.07) is 1.85. The standard InChI is InChI=1S/C13H14F2N2O4/c1-13(2,11(19)20)6-9(18)16-12(21)17-10-7(14)4-3-5-8(10)15/h3-5H,6H2,1-2H3,(H,19,20)(H2,16,17,18,21). The lowest BCUT2D eigenvalue weighted by Crippen LogP contribution is -2.39. The first-order chi connectivity index (χ1) is 9.63. The van der Waals surface area contributed by atoms with E-state index in [1.807, 2.05) is 10.6 Å². The van der Waals surface area contributed by atoms with Crippen LogP contribution >= 0.6 is 0 Å². The topological polar surface area (TPSA) is 95.5 Å². The molecule has 0 atom stereocenters. The highest BCUT2D eigenvalue weighted by Crippen LogP contribution is 2.20. The van der Waals surface area contributed by atoms with Crippen LogP contribution in [0, 0.1) is 17.0 Å². The zero-order valence-corrected chi connectivity index (χ0v) is 11.4. The second kappa shape index (κ2) is 6.29. The molecule has 1 rings (SSSR count). The zero-order chi connectivity index (χ0) is 16.2. The van der Waals surface area contributed by atoms with Crippen molar-refractivity contribution in [2.75, 3.05) is 5.32 Å². The van der Waals surface area contributed by atoms with Gasteiger partial charge in [0, 0.05) is 6.42 Å². The van der Waals surface area contributed by atoms with E-state index in [1.165, 1.54) is 13.8 Å². The highest BCUT2D eigenvalue weighted by Gasteiger charge is 2.30. The lowest BCUT2D eigenvalue weighted by molar-refractivity contribution is -0.149. The maximum absolute atomic E-state index is 13.3. The van der Waals surface area contributed by atoms with Gasteiger partial charge in [-0.15, -0.1) is 0 Å². The number of carbonyl (C=O) groups excluding carboxylic acids is 2. The van der Waals surface area contributed by atoms with Crippen molar-refractivity contribution in [2.24, 2.45) is 5.41 Å². The normalized spacial score (nSPS) is 10.9. The van der Waals surface area contributed by atoms with Gasteiger partial charge in [0.05, 0.1) is 5.41 Å². The van der Waals surface area contributed by atoms with Crippen LogP contribution in [-0.4, -0.2) is 23.0 Å². The van der Waals surface area contributed by atoms with Crippen LogP contribution < -0.4 is 10.6 Å².